The first-order valence-corrected chi connectivity index (χ1v) is 20.5. The normalized spacial score (nSPS) is 33.4. The molecule has 2 aliphatic rings. The zero-order valence-electron chi connectivity index (χ0n) is 37.3. The van der Waals surface area contributed by atoms with Crippen LogP contribution in [0.5, 0.6) is 0 Å². The summed E-state index contributed by atoms with van der Waals surface area (Å²) in [7, 11) is 7.02. The fraction of sp³-hybridized carbons (Fsp3) is 0.975. The van der Waals surface area contributed by atoms with Crippen molar-refractivity contribution in [2.45, 2.75) is 186 Å². The number of esters is 1. The van der Waals surface area contributed by atoms with Crippen molar-refractivity contribution >= 4 is 5.97 Å². The molecule has 2 saturated heterocycles. The summed E-state index contributed by atoms with van der Waals surface area (Å²) in [4.78, 5) is 20.3. The van der Waals surface area contributed by atoms with E-state index < -0.39 is 89.4 Å². The second-order valence-electron chi connectivity index (χ2n) is 18.2. The van der Waals surface area contributed by atoms with Crippen molar-refractivity contribution in [3.05, 3.63) is 10.4 Å². The van der Waals surface area contributed by atoms with Crippen molar-refractivity contribution in [3.8, 4) is 0 Å². The Labute approximate surface area is 340 Å². The van der Waals surface area contributed by atoms with Gasteiger partial charge < -0.3 is 63.8 Å². The van der Waals surface area contributed by atoms with E-state index in [0.717, 1.165) is 0 Å². The summed E-state index contributed by atoms with van der Waals surface area (Å²) < 4.78 is 37.4. The van der Waals surface area contributed by atoms with E-state index in [4.69, 9.17) is 34.0 Å². The van der Waals surface area contributed by atoms with Crippen molar-refractivity contribution in [2.24, 2.45) is 22.9 Å². The van der Waals surface area contributed by atoms with Gasteiger partial charge in [-0.05, 0) is 107 Å². The molecule has 17 heteroatoms. The number of aliphatic hydroxyl groups is 5. The van der Waals surface area contributed by atoms with E-state index in [-0.39, 0.29) is 44.1 Å². The number of hydrogen-bond donors (Lipinski definition) is 5. The standard InChI is InChI=1S/C40H77N5O12/c1-16-17-53-35(48)26(5)32(56-30-20-39(11,52-15)40(51,22-42-43-41)28(7)55-30)25(4)34(57-36-31(46)29(44(12)13)18-24(3)54-36)38(10,50)19-23(2)21-45(14)27(6)33(47)37(8,9)49/h23-34,36,46-47,49-51H,16-22H2,1-15H3. The molecule has 5 N–H and O–H groups in total. The average molecular weight is 820 g/mol. The molecule has 0 aromatic heterocycles. The molecule has 17 nitrogen and oxygen atoms in total. The van der Waals surface area contributed by atoms with Crippen LogP contribution in [-0.4, -0.2) is 173 Å². The highest BCUT2D eigenvalue weighted by Gasteiger charge is 2.58. The lowest BCUT2D eigenvalue weighted by molar-refractivity contribution is -0.335. The largest absolute Gasteiger partial charge is 0.465 e. The van der Waals surface area contributed by atoms with Crippen molar-refractivity contribution in [3.63, 3.8) is 0 Å². The van der Waals surface area contributed by atoms with Crippen LogP contribution in [0.3, 0.4) is 0 Å². The van der Waals surface area contributed by atoms with Gasteiger partial charge in [0.1, 0.15) is 17.3 Å². The number of nitrogens with zero attached hydrogens (tertiary/aromatic N) is 5. The van der Waals surface area contributed by atoms with Gasteiger partial charge in [-0.2, -0.15) is 0 Å². The lowest BCUT2D eigenvalue weighted by Gasteiger charge is -2.53. The lowest BCUT2D eigenvalue weighted by Crippen LogP contribution is -2.68. The number of carbonyl (C=O) groups is 1. The summed E-state index contributed by atoms with van der Waals surface area (Å²) in [6.45, 7) is 19.4. The number of hydrogen-bond acceptors (Lipinski definition) is 15. The SMILES string of the molecule is CCCOC(=O)C(C)C(OC1CC(C)(OC)C(O)(CN=[N+]=[N-])C(C)O1)C(C)C(OC1OC(C)CC(N(C)C)C1O)C(C)(O)CC(C)CN(C)C(C)C(O)C(C)(C)O. The third-order valence-electron chi connectivity index (χ3n) is 12.4. The first-order chi connectivity index (χ1) is 26.2. The molecule has 0 saturated carbocycles. The van der Waals surface area contributed by atoms with Crippen molar-refractivity contribution in [2.75, 3.05) is 47.9 Å². The third-order valence-corrected chi connectivity index (χ3v) is 12.4. The molecule has 2 fully saturated rings. The minimum Gasteiger partial charge on any atom is -0.465 e. The Morgan fingerprint density at radius 3 is 2.23 bits per heavy atom. The van der Waals surface area contributed by atoms with Crippen LogP contribution in [0.25, 0.3) is 10.4 Å². The second-order valence-corrected chi connectivity index (χ2v) is 18.2. The molecule has 0 spiro atoms. The summed E-state index contributed by atoms with van der Waals surface area (Å²) in [5, 5.41) is 60.8. The van der Waals surface area contributed by atoms with E-state index in [0.29, 0.717) is 19.4 Å². The number of methoxy groups -OCH3 is 1. The average Bonchev–Trinajstić information content (AvgIpc) is 3.12. The van der Waals surface area contributed by atoms with Crippen LogP contribution in [0.2, 0.25) is 0 Å². The summed E-state index contributed by atoms with van der Waals surface area (Å²) in [6, 6.07) is -0.717. The van der Waals surface area contributed by atoms with Crippen molar-refractivity contribution < 1.29 is 58.7 Å². The maximum atomic E-state index is 13.7. The van der Waals surface area contributed by atoms with Gasteiger partial charge in [0.05, 0.1) is 60.8 Å². The van der Waals surface area contributed by atoms with Crippen molar-refractivity contribution in [1.82, 2.24) is 9.80 Å². The van der Waals surface area contributed by atoms with Gasteiger partial charge in [-0.15, -0.1) is 0 Å². The van der Waals surface area contributed by atoms with Gasteiger partial charge in [0.15, 0.2) is 12.6 Å². The molecule has 57 heavy (non-hydrogen) atoms. The minimum absolute atomic E-state index is 0.0162. The number of ether oxygens (including phenoxy) is 6. The quantitative estimate of drug-likeness (QED) is 0.0458. The fourth-order valence-corrected chi connectivity index (χ4v) is 8.61. The maximum absolute atomic E-state index is 13.7. The monoisotopic (exact) mass is 820 g/mol. The first kappa shape index (κ1) is 51.4. The van der Waals surface area contributed by atoms with E-state index in [1.165, 1.54) is 7.11 Å². The Balaban J connectivity index is 2.64. The summed E-state index contributed by atoms with van der Waals surface area (Å²) >= 11 is 0. The van der Waals surface area contributed by atoms with Gasteiger partial charge in [-0.1, -0.05) is 25.9 Å². The minimum atomic E-state index is -1.71. The molecule has 2 rings (SSSR count). The molecule has 2 heterocycles. The van der Waals surface area contributed by atoms with E-state index in [1.54, 1.807) is 48.5 Å². The topological polar surface area (TPSA) is 229 Å². The molecule has 2 aliphatic heterocycles. The van der Waals surface area contributed by atoms with Gasteiger partial charge in [0.2, 0.25) is 0 Å². The van der Waals surface area contributed by atoms with Gasteiger partial charge in [-0.3, -0.25) is 4.79 Å². The van der Waals surface area contributed by atoms with E-state index >= 15 is 0 Å². The predicted molar refractivity (Wildman–Crippen MR) is 214 cm³/mol. The predicted octanol–water partition coefficient (Wildman–Crippen LogP) is 3.22. The lowest BCUT2D eigenvalue weighted by atomic mass is 9.75. The first-order valence-electron chi connectivity index (χ1n) is 20.5. The Bertz CT molecular complexity index is 1300. The number of likely N-dealkylation sites (N-methyl/N-ethyl adjacent to an activating group) is 2. The van der Waals surface area contributed by atoms with E-state index in [9.17, 15) is 30.3 Å². The summed E-state index contributed by atoms with van der Waals surface area (Å²) in [5.74, 6) is -2.42. The Morgan fingerprint density at radius 2 is 1.70 bits per heavy atom. The van der Waals surface area contributed by atoms with E-state index in [1.807, 2.05) is 58.6 Å². The smallest absolute Gasteiger partial charge is 0.311 e. The number of carbonyl (C=O) groups excluding carboxylic acids is 1. The molecular weight excluding hydrogens is 742 g/mol. The van der Waals surface area contributed by atoms with Crippen LogP contribution in [-0.2, 0) is 33.2 Å². The number of azide groups is 1. The summed E-state index contributed by atoms with van der Waals surface area (Å²) in [6.07, 6.45) is -6.35. The summed E-state index contributed by atoms with van der Waals surface area (Å²) in [5.41, 5.74) is 3.07. The Hall–Kier alpha value is -1.70. The molecule has 0 aromatic carbocycles. The van der Waals surface area contributed by atoms with Gasteiger partial charge in [0.25, 0.3) is 0 Å². The van der Waals surface area contributed by atoms with Crippen LogP contribution in [0.15, 0.2) is 5.11 Å². The molecule has 0 bridgehead atoms. The molecular formula is C40H77N5O12. The van der Waals surface area contributed by atoms with Crippen LogP contribution < -0.4 is 0 Å². The maximum Gasteiger partial charge on any atom is 0.311 e. The van der Waals surface area contributed by atoms with E-state index in [2.05, 4.69) is 10.0 Å². The molecule has 0 amide bonds. The Morgan fingerprint density at radius 1 is 1.09 bits per heavy atom. The number of rotatable bonds is 22. The highest BCUT2D eigenvalue weighted by Crippen LogP contribution is 2.43. The Kier molecular flexibility index (Phi) is 19.1. The van der Waals surface area contributed by atoms with Crippen LogP contribution in [0.1, 0.15) is 102 Å². The third kappa shape index (κ3) is 12.9. The van der Waals surface area contributed by atoms with Crippen molar-refractivity contribution in [1.29, 1.82) is 0 Å². The van der Waals surface area contributed by atoms with Gasteiger partial charge in [-0.25, -0.2) is 0 Å². The van der Waals surface area contributed by atoms with Crippen LogP contribution in [0.4, 0.5) is 0 Å². The second kappa shape index (κ2) is 21.2. The molecule has 0 aliphatic carbocycles. The van der Waals surface area contributed by atoms with Gasteiger partial charge >= 0.3 is 5.97 Å². The van der Waals surface area contributed by atoms with Crippen LogP contribution in [0, 0.1) is 17.8 Å². The molecule has 0 aromatic rings. The number of aliphatic hydroxyl groups excluding tert-OH is 2. The molecule has 334 valence electrons. The highest BCUT2D eigenvalue weighted by molar-refractivity contribution is 5.72. The fourth-order valence-electron chi connectivity index (χ4n) is 8.61. The highest BCUT2D eigenvalue weighted by atomic mass is 16.7. The zero-order chi connectivity index (χ0) is 43.8. The molecule has 16 atom stereocenters. The molecule has 16 unspecified atom stereocenters. The zero-order valence-corrected chi connectivity index (χ0v) is 37.3. The van der Waals surface area contributed by atoms with Crippen LogP contribution >= 0.6 is 0 Å². The molecule has 0 radical (unpaired) electrons. The van der Waals surface area contributed by atoms with Gasteiger partial charge in [0, 0.05) is 43.0 Å².